The fraction of sp³-hybridized carbons (Fsp3) is 0. The molecule has 0 unspecified atom stereocenters. The summed E-state index contributed by atoms with van der Waals surface area (Å²) in [6.45, 7) is 0. The summed E-state index contributed by atoms with van der Waals surface area (Å²) in [5.41, 5.74) is 12.3. The van der Waals surface area contributed by atoms with Gasteiger partial charge in [0, 0.05) is 27.2 Å². The Morgan fingerprint density at radius 2 is 0.872 bits per heavy atom. The molecule has 0 fully saturated rings. The second kappa shape index (κ2) is 10.1. The highest BCUT2D eigenvalue weighted by molar-refractivity contribution is 6.20. The maximum atomic E-state index is 6.56. The smallest absolute Gasteiger partial charge is 0.213 e. The number of furan rings is 1. The summed E-state index contributed by atoms with van der Waals surface area (Å²) in [4.78, 5) is 0. The van der Waals surface area contributed by atoms with Crippen molar-refractivity contribution in [1.82, 2.24) is 9.13 Å². The molecule has 3 heteroatoms. The number of hydrogen-bond donors (Lipinski definition) is 0. The molecule has 3 nitrogen and oxygen atoms in total. The highest BCUT2D eigenvalue weighted by Gasteiger charge is 2.20. The van der Waals surface area contributed by atoms with Gasteiger partial charge in [-0.1, -0.05) is 115 Å². The molecule has 0 atom stereocenters. The minimum Gasteiger partial charge on any atom is -0.439 e. The third-order valence-electron chi connectivity index (χ3n) is 9.52. The second-order valence-corrected chi connectivity index (χ2v) is 12.2. The predicted molar refractivity (Wildman–Crippen MR) is 196 cm³/mol. The molecule has 10 rings (SSSR count). The van der Waals surface area contributed by atoms with Crippen molar-refractivity contribution in [3.63, 3.8) is 0 Å². The van der Waals surface area contributed by atoms with Gasteiger partial charge in [0.1, 0.15) is 5.58 Å². The molecule has 3 aromatic heterocycles. The van der Waals surface area contributed by atoms with Crippen LogP contribution in [-0.2, 0) is 0 Å². The van der Waals surface area contributed by atoms with Gasteiger partial charge in [0.15, 0.2) is 0 Å². The minimum atomic E-state index is 0.867. The van der Waals surface area contributed by atoms with Crippen molar-refractivity contribution in [1.29, 1.82) is 0 Å². The molecule has 0 N–H and O–H groups in total. The lowest BCUT2D eigenvalue weighted by molar-refractivity contribution is 0.645. The van der Waals surface area contributed by atoms with E-state index in [1.807, 2.05) is 6.07 Å². The molecule has 0 aliphatic heterocycles. The van der Waals surface area contributed by atoms with E-state index < -0.39 is 0 Å². The number of rotatable bonds is 4. The van der Waals surface area contributed by atoms with Gasteiger partial charge in [-0.05, 0) is 76.9 Å². The van der Waals surface area contributed by atoms with Gasteiger partial charge in [-0.2, -0.15) is 0 Å². The Morgan fingerprint density at radius 1 is 0.340 bits per heavy atom. The zero-order valence-corrected chi connectivity index (χ0v) is 25.5. The fourth-order valence-electron chi connectivity index (χ4n) is 7.39. The molecule has 0 saturated heterocycles. The summed E-state index contributed by atoms with van der Waals surface area (Å²) >= 11 is 0. The maximum Gasteiger partial charge on any atom is 0.213 e. The van der Waals surface area contributed by atoms with Crippen LogP contribution in [0.4, 0.5) is 0 Å². The highest BCUT2D eigenvalue weighted by Crippen LogP contribution is 2.41. The first-order chi connectivity index (χ1) is 23.3. The SMILES string of the molecule is c1ccc(-c2ccc3c(c2)c2cc(-c4ccccc4)ccc2n3-c2cccc(-n3c4ccccc4c4c5ccccc5oc43)c2)cc1. The molecule has 0 radical (unpaired) electrons. The average Bonchev–Trinajstić information content (AvgIpc) is 3.78. The predicted octanol–water partition coefficient (Wildman–Crippen LogP) is 12.0. The molecule has 0 spiro atoms. The molecule has 0 aliphatic rings. The van der Waals surface area contributed by atoms with Crippen molar-refractivity contribution in [3.05, 3.63) is 170 Å². The van der Waals surface area contributed by atoms with Gasteiger partial charge in [0.05, 0.1) is 27.6 Å². The minimum absolute atomic E-state index is 0.867. The summed E-state index contributed by atoms with van der Waals surface area (Å²) in [5.74, 6) is 0. The van der Waals surface area contributed by atoms with Crippen molar-refractivity contribution in [2.45, 2.75) is 0 Å². The second-order valence-electron chi connectivity index (χ2n) is 12.2. The quantitative estimate of drug-likeness (QED) is 0.197. The van der Waals surface area contributed by atoms with Gasteiger partial charge in [-0.3, -0.25) is 4.57 Å². The van der Waals surface area contributed by atoms with Gasteiger partial charge in [-0.15, -0.1) is 0 Å². The first-order valence-electron chi connectivity index (χ1n) is 16.0. The lowest BCUT2D eigenvalue weighted by atomic mass is 10.0. The molecule has 220 valence electrons. The van der Waals surface area contributed by atoms with Crippen molar-refractivity contribution < 1.29 is 4.42 Å². The maximum absolute atomic E-state index is 6.56. The van der Waals surface area contributed by atoms with E-state index in [0.717, 1.165) is 39.0 Å². The summed E-state index contributed by atoms with van der Waals surface area (Å²) in [7, 11) is 0. The lowest BCUT2D eigenvalue weighted by Crippen LogP contribution is -1.98. The Bertz CT molecular complexity index is 2680. The first kappa shape index (κ1) is 26.0. The van der Waals surface area contributed by atoms with Crippen LogP contribution in [0.25, 0.3) is 88.4 Å². The number of benzene rings is 7. The molecule has 47 heavy (non-hydrogen) atoms. The number of fused-ring (bicyclic) bond motifs is 8. The normalized spacial score (nSPS) is 11.8. The van der Waals surface area contributed by atoms with E-state index in [9.17, 15) is 0 Å². The van der Waals surface area contributed by atoms with E-state index in [1.165, 1.54) is 49.4 Å². The zero-order valence-electron chi connectivity index (χ0n) is 25.5. The highest BCUT2D eigenvalue weighted by atomic mass is 16.3. The zero-order chi connectivity index (χ0) is 30.9. The number of nitrogens with zero attached hydrogens (tertiary/aromatic N) is 2. The summed E-state index contributed by atoms with van der Waals surface area (Å²) in [5, 5.41) is 5.95. The standard InChI is InChI=1S/C44H28N2O/c1-3-12-29(13-4-1)31-22-24-40-37(26-31)38-27-32(30-14-5-2-6-15-30)23-25-41(38)45(40)33-16-11-17-34(28-33)46-39-20-9-7-18-35(39)43-36-19-8-10-21-42(36)47-44(43)46/h1-28H. The van der Waals surface area contributed by atoms with E-state index in [4.69, 9.17) is 4.42 Å². The van der Waals surface area contributed by atoms with Crippen LogP contribution in [0.15, 0.2) is 174 Å². The van der Waals surface area contributed by atoms with Crippen molar-refractivity contribution in [2.75, 3.05) is 0 Å². The monoisotopic (exact) mass is 600 g/mol. The van der Waals surface area contributed by atoms with Gasteiger partial charge >= 0.3 is 0 Å². The first-order valence-corrected chi connectivity index (χ1v) is 16.0. The Morgan fingerprint density at radius 3 is 1.53 bits per heavy atom. The van der Waals surface area contributed by atoms with Crippen LogP contribution in [0.1, 0.15) is 0 Å². The largest absolute Gasteiger partial charge is 0.439 e. The van der Waals surface area contributed by atoms with E-state index in [-0.39, 0.29) is 0 Å². The van der Waals surface area contributed by atoms with Crippen LogP contribution in [0.5, 0.6) is 0 Å². The van der Waals surface area contributed by atoms with E-state index in [2.05, 4.69) is 173 Å². The van der Waals surface area contributed by atoms with Crippen molar-refractivity contribution in [2.24, 2.45) is 0 Å². The molecule has 3 heterocycles. The topological polar surface area (TPSA) is 23.0 Å². The van der Waals surface area contributed by atoms with Crippen molar-refractivity contribution in [3.8, 4) is 33.6 Å². The molecular weight excluding hydrogens is 572 g/mol. The summed E-state index contributed by atoms with van der Waals surface area (Å²) in [6, 6.07) is 60.7. The lowest BCUT2D eigenvalue weighted by Gasteiger charge is -2.12. The van der Waals surface area contributed by atoms with E-state index in [0.29, 0.717) is 0 Å². The van der Waals surface area contributed by atoms with E-state index >= 15 is 0 Å². The molecular formula is C44H28N2O. The third-order valence-corrected chi connectivity index (χ3v) is 9.52. The molecule has 10 aromatic rings. The number of para-hydroxylation sites is 2. The Kier molecular flexibility index (Phi) is 5.57. The van der Waals surface area contributed by atoms with Gasteiger partial charge in [0.25, 0.3) is 0 Å². The third kappa shape index (κ3) is 3.93. The number of hydrogen-bond acceptors (Lipinski definition) is 1. The Balaban J connectivity index is 1.23. The fourth-order valence-corrected chi connectivity index (χ4v) is 7.39. The molecule has 0 saturated carbocycles. The Labute approximate surface area is 271 Å². The number of aromatic nitrogens is 2. The molecule has 0 amide bonds. The summed E-state index contributed by atoms with van der Waals surface area (Å²) in [6.07, 6.45) is 0. The van der Waals surface area contributed by atoms with Crippen molar-refractivity contribution >= 4 is 54.8 Å². The average molecular weight is 601 g/mol. The van der Waals surface area contributed by atoms with Crippen LogP contribution >= 0.6 is 0 Å². The van der Waals surface area contributed by atoms with Crippen LogP contribution in [0.3, 0.4) is 0 Å². The molecule has 0 aliphatic carbocycles. The van der Waals surface area contributed by atoms with Gasteiger partial charge in [0.2, 0.25) is 5.71 Å². The molecule has 0 bridgehead atoms. The van der Waals surface area contributed by atoms with Crippen LogP contribution < -0.4 is 0 Å². The summed E-state index contributed by atoms with van der Waals surface area (Å²) < 4.78 is 11.2. The van der Waals surface area contributed by atoms with Gasteiger partial charge < -0.3 is 8.98 Å². The van der Waals surface area contributed by atoms with Crippen LogP contribution in [0, 0.1) is 0 Å². The van der Waals surface area contributed by atoms with Crippen LogP contribution in [0.2, 0.25) is 0 Å². The van der Waals surface area contributed by atoms with Gasteiger partial charge in [-0.25, -0.2) is 0 Å². The van der Waals surface area contributed by atoms with Crippen LogP contribution in [-0.4, -0.2) is 9.13 Å². The van der Waals surface area contributed by atoms with E-state index in [1.54, 1.807) is 0 Å². The molecule has 7 aromatic carbocycles. The Hall–Kier alpha value is -6.32.